The Labute approximate surface area is 213 Å². The van der Waals surface area contributed by atoms with Crippen molar-refractivity contribution in [1.82, 2.24) is 0 Å². The number of carbonyl (C=O) groups is 3. The smallest absolute Gasteiger partial charge is 0.231 e. The second kappa shape index (κ2) is 14.1. The minimum absolute atomic E-state index is 0.0338. The summed E-state index contributed by atoms with van der Waals surface area (Å²) < 4.78 is 0. The quantitative estimate of drug-likeness (QED) is 0.286. The standard InChI is InChI=1S/C30H36N2O4/c1-2-26(34)12-5-3-4-6-15-29(35)31-25-18-16-23(17-19-25)22-30(36)32(20-21-33)28-14-9-11-24-10-7-8-13-27(24)28/h7-11,13-14,16-19,33H,2-6,12,15,20-22H2,1H3,(H,31,35). The summed E-state index contributed by atoms with van der Waals surface area (Å²) in [6.07, 6.45) is 5.47. The van der Waals surface area contributed by atoms with Crippen LogP contribution in [0.3, 0.4) is 0 Å². The molecule has 0 saturated heterocycles. The maximum atomic E-state index is 13.2. The van der Waals surface area contributed by atoms with Crippen LogP contribution in [0.25, 0.3) is 10.8 Å². The van der Waals surface area contributed by atoms with Gasteiger partial charge in [0, 0.05) is 36.9 Å². The van der Waals surface area contributed by atoms with Gasteiger partial charge in [-0.3, -0.25) is 14.4 Å². The normalized spacial score (nSPS) is 10.8. The van der Waals surface area contributed by atoms with E-state index in [1.54, 1.807) is 4.90 Å². The molecule has 3 aromatic carbocycles. The molecule has 0 saturated carbocycles. The molecule has 6 heteroatoms. The number of hydrogen-bond donors (Lipinski definition) is 2. The Balaban J connectivity index is 1.51. The van der Waals surface area contributed by atoms with E-state index in [1.165, 1.54) is 0 Å². The Morgan fingerprint density at radius 3 is 2.25 bits per heavy atom. The van der Waals surface area contributed by atoms with Crippen molar-refractivity contribution in [3.05, 3.63) is 72.3 Å². The van der Waals surface area contributed by atoms with Gasteiger partial charge >= 0.3 is 0 Å². The van der Waals surface area contributed by atoms with Crippen LogP contribution in [-0.4, -0.2) is 35.9 Å². The molecule has 190 valence electrons. The average Bonchev–Trinajstić information content (AvgIpc) is 2.90. The minimum atomic E-state index is -0.128. The largest absolute Gasteiger partial charge is 0.395 e. The first-order valence-corrected chi connectivity index (χ1v) is 12.8. The average molecular weight is 489 g/mol. The lowest BCUT2D eigenvalue weighted by Gasteiger charge is -2.24. The zero-order valence-corrected chi connectivity index (χ0v) is 21.0. The van der Waals surface area contributed by atoms with Crippen molar-refractivity contribution in [2.24, 2.45) is 0 Å². The van der Waals surface area contributed by atoms with Crippen molar-refractivity contribution in [2.75, 3.05) is 23.4 Å². The molecule has 36 heavy (non-hydrogen) atoms. The molecular formula is C30H36N2O4. The summed E-state index contributed by atoms with van der Waals surface area (Å²) in [5.41, 5.74) is 2.32. The number of hydrogen-bond acceptors (Lipinski definition) is 4. The minimum Gasteiger partial charge on any atom is -0.395 e. The van der Waals surface area contributed by atoms with E-state index in [2.05, 4.69) is 5.32 Å². The van der Waals surface area contributed by atoms with Crippen LogP contribution in [0, 0.1) is 0 Å². The SMILES string of the molecule is CCC(=O)CCCCCCC(=O)Nc1ccc(CC(=O)N(CCO)c2cccc3ccccc23)cc1. The van der Waals surface area contributed by atoms with Gasteiger partial charge in [-0.2, -0.15) is 0 Å². The topological polar surface area (TPSA) is 86.7 Å². The van der Waals surface area contributed by atoms with Gasteiger partial charge in [-0.05, 0) is 42.0 Å². The van der Waals surface area contributed by atoms with Crippen LogP contribution in [0.1, 0.15) is 57.4 Å². The van der Waals surface area contributed by atoms with E-state index in [4.69, 9.17) is 0 Å². The zero-order valence-electron chi connectivity index (χ0n) is 21.0. The van der Waals surface area contributed by atoms with Crippen LogP contribution in [0.15, 0.2) is 66.7 Å². The molecule has 6 nitrogen and oxygen atoms in total. The fraction of sp³-hybridized carbons (Fsp3) is 0.367. The lowest BCUT2D eigenvalue weighted by molar-refractivity contribution is -0.119. The van der Waals surface area contributed by atoms with Gasteiger partial charge in [-0.1, -0.05) is 68.3 Å². The van der Waals surface area contributed by atoms with Crippen molar-refractivity contribution in [1.29, 1.82) is 0 Å². The van der Waals surface area contributed by atoms with E-state index < -0.39 is 0 Å². The highest BCUT2D eigenvalue weighted by Gasteiger charge is 2.18. The Morgan fingerprint density at radius 2 is 1.53 bits per heavy atom. The number of rotatable bonds is 14. The van der Waals surface area contributed by atoms with E-state index in [1.807, 2.05) is 73.7 Å². The number of ketones is 1. The van der Waals surface area contributed by atoms with Gasteiger partial charge in [0.05, 0.1) is 18.7 Å². The van der Waals surface area contributed by atoms with Crippen molar-refractivity contribution >= 4 is 39.7 Å². The molecule has 0 bridgehead atoms. The molecule has 0 unspecified atom stereocenters. The maximum absolute atomic E-state index is 13.2. The van der Waals surface area contributed by atoms with Crippen molar-refractivity contribution in [2.45, 2.75) is 58.3 Å². The van der Waals surface area contributed by atoms with E-state index >= 15 is 0 Å². The number of amides is 2. The van der Waals surface area contributed by atoms with E-state index in [0.29, 0.717) is 30.7 Å². The molecule has 0 atom stereocenters. The fourth-order valence-electron chi connectivity index (χ4n) is 4.26. The molecule has 3 rings (SSSR count). The summed E-state index contributed by atoms with van der Waals surface area (Å²) in [4.78, 5) is 38.4. The summed E-state index contributed by atoms with van der Waals surface area (Å²) in [6.45, 7) is 1.97. The number of unbranched alkanes of at least 4 members (excludes halogenated alkanes) is 3. The van der Waals surface area contributed by atoms with E-state index in [0.717, 1.165) is 47.7 Å². The summed E-state index contributed by atoms with van der Waals surface area (Å²) in [5, 5.41) is 14.5. The number of nitrogens with zero attached hydrogens (tertiary/aromatic N) is 1. The van der Waals surface area contributed by atoms with Crippen LogP contribution in [-0.2, 0) is 20.8 Å². The second-order valence-corrected chi connectivity index (χ2v) is 9.00. The van der Waals surface area contributed by atoms with Gasteiger partial charge in [-0.15, -0.1) is 0 Å². The van der Waals surface area contributed by atoms with Gasteiger partial charge in [0.1, 0.15) is 5.78 Å². The first kappa shape index (κ1) is 27.1. The number of carbonyl (C=O) groups excluding carboxylic acids is 3. The predicted octanol–water partition coefficient (Wildman–Crippen LogP) is 5.67. The number of nitrogens with one attached hydrogen (secondary N) is 1. The van der Waals surface area contributed by atoms with Gasteiger partial charge in [0.15, 0.2) is 0 Å². The predicted molar refractivity (Wildman–Crippen MR) is 145 cm³/mol. The molecule has 0 aliphatic carbocycles. The van der Waals surface area contributed by atoms with Crippen LogP contribution in [0.4, 0.5) is 11.4 Å². The molecule has 0 fully saturated rings. The zero-order chi connectivity index (χ0) is 25.8. The van der Waals surface area contributed by atoms with E-state index in [-0.39, 0.29) is 31.4 Å². The van der Waals surface area contributed by atoms with Gasteiger partial charge in [0.25, 0.3) is 0 Å². The summed E-state index contributed by atoms with van der Waals surface area (Å²) in [7, 11) is 0. The molecule has 0 radical (unpaired) electrons. The number of aliphatic hydroxyl groups is 1. The van der Waals surface area contributed by atoms with Crippen molar-refractivity contribution in [3.63, 3.8) is 0 Å². The first-order chi connectivity index (χ1) is 17.5. The number of benzene rings is 3. The molecule has 2 N–H and O–H groups in total. The fourth-order valence-corrected chi connectivity index (χ4v) is 4.26. The molecular weight excluding hydrogens is 452 g/mol. The Bertz CT molecular complexity index is 1150. The lowest BCUT2D eigenvalue weighted by atomic mass is 10.1. The Kier molecular flexibility index (Phi) is 10.6. The lowest BCUT2D eigenvalue weighted by Crippen LogP contribution is -2.34. The molecule has 0 spiro atoms. The number of aliphatic hydroxyl groups excluding tert-OH is 1. The number of fused-ring (bicyclic) bond motifs is 1. The summed E-state index contributed by atoms with van der Waals surface area (Å²) in [5.74, 6) is 0.166. The van der Waals surface area contributed by atoms with Gasteiger partial charge in [-0.25, -0.2) is 0 Å². The third-order valence-corrected chi connectivity index (χ3v) is 6.28. The summed E-state index contributed by atoms with van der Waals surface area (Å²) >= 11 is 0. The Hall–Kier alpha value is -3.51. The van der Waals surface area contributed by atoms with Crippen LogP contribution in [0.2, 0.25) is 0 Å². The van der Waals surface area contributed by atoms with E-state index in [9.17, 15) is 19.5 Å². The molecule has 0 aliphatic heterocycles. The van der Waals surface area contributed by atoms with Crippen molar-refractivity contribution in [3.8, 4) is 0 Å². The van der Waals surface area contributed by atoms with Crippen molar-refractivity contribution < 1.29 is 19.5 Å². The molecule has 0 heterocycles. The highest BCUT2D eigenvalue weighted by atomic mass is 16.3. The second-order valence-electron chi connectivity index (χ2n) is 9.00. The van der Waals surface area contributed by atoms with Crippen LogP contribution < -0.4 is 10.2 Å². The van der Waals surface area contributed by atoms with Gasteiger partial charge < -0.3 is 15.3 Å². The first-order valence-electron chi connectivity index (χ1n) is 12.8. The maximum Gasteiger partial charge on any atom is 0.231 e. The Morgan fingerprint density at radius 1 is 0.833 bits per heavy atom. The number of Topliss-reactive ketones (excluding diaryl/α,β-unsaturated/α-hetero) is 1. The van der Waals surface area contributed by atoms with Crippen LogP contribution >= 0.6 is 0 Å². The molecule has 0 aromatic heterocycles. The molecule has 0 aliphatic rings. The molecule has 2 amide bonds. The highest BCUT2D eigenvalue weighted by molar-refractivity contribution is 6.04. The third kappa shape index (κ3) is 8.02. The monoisotopic (exact) mass is 488 g/mol. The molecule has 3 aromatic rings. The van der Waals surface area contributed by atoms with Crippen LogP contribution in [0.5, 0.6) is 0 Å². The summed E-state index contributed by atoms with van der Waals surface area (Å²) in [6, 6.07) is 21.0. The highest BCUT2D eigenvalue weighted by Crippen LogP contribution is 2.27. The van der Waals surface area contributed by atoms with Gasteiger partial charge in [0.2, 0.25) is 11.8 Å². The number of anilines is 2. The third-order valence-electron chi connectivity index (χ3n) is 6.28.